The largest absolute Gasteiger partial charge is 0.497 e. The molecule has 0 radical (unpaired) electrons. The number of fused-ring (bicyclic) bond motifs is 1. The molecule has 0 aliphatic carbocycles. The summed E-state index contributed by atoms with van der Waals surface area (Å²) in [4.78, 5) is 16.6. The fourth-order valence-electron chi connectivity index (χ4n) is 3.04. The average molecular weight is 485 g/mol. The van der Waals surface area contributed by atoms with Crippen LogP contribution >= 0.6 is 23.2 Å². The summed E-state index contributed by atoms with van der Waals surface area (Å²) >= 11 is 12.5. The summed E-state index contributed by atoms with van der Waals surface area (Å²) in [7, 11) is 1.59. The van der Waals surface area contributed by atoms with Crippen molar-refractivity contribution in [2.75, 3.05) is 13.7 Å². The van der Waals surface area contributed by atoms with E-state index in [9.17, 15) is 4.79 Å². The molecule has 4 rings (SSSR count). The molecule has 0 spiro atoms. The predicted octanol–water partition coefficient (Wildman–Crippen LogP) is 5.04. The molecule has 0 atom stereocenters. The number of hydrazone groups is 1. The van der Waals surface area contributed by atoms with Gasteiger partial charge in [-0.05, 0) is 48.9 Å². The Labute approximate surface area is 199 Å². The fraction of sp³-hybridized carbons (Fsp3) is 0.130. The van der Waals surface area contributed by atoms with Crippen LogP contribution in [0.2, 0.25) is 10.2 Å². The number of aryl methyl sites for hydroxylation is 1. The molecule has 0 aliphatic rings. The van der Waals surface area contributed by atoms with Crippen LogP contribution in [-0.2, 0) is 4.79 Å². The Kier molecular flexibility index (Phi) is 6.76. The minimum atomic E-state index is -0.464. The lowest BCUT2D eigenvalue weighted by atomic mass is 10.1. The number of benzene rings is 2. The molecule has 2 aromatic carbocycles. The minimum absolute atomic E-state index is 0.259. The smallest absolute Gasteiger partial charge is 0.277 e. The van der Waals surface area contributed by atoms with Crippen LogP contribution in [-0.4, -0.2) is 36.0 Å². The third kappa shape index (κ3) is 5.24. The topological polar surface area (TPSA) is 98.8 Å². The number of hydrogen-bond donors (Lipinski definition) is 1. The summed E-state index contributed by atoms with van der Waals surface area (Å²) in [6.07, 6.45) is 2.93. The number of aromatic nitrogens is 2. The molecular weight excluding hydrogens is 467 g/mol. The van der Waals surface area contributed by atoms with Gasteiger partial charge in [0.1, 0.15) is 16.7 Å². The van der Waals surface area contributed by atoms with Crippen molar-refractivity contribution in [2.45, 2.75) is 6.92 Å². The maximum Gasteiger partial charge on any atom is 0.277 e. The first-order valence-electron chi connectivity index (χ1n) is 9.75. The number of pyridine rings is 1. The van der Waals surface area contributed by atoms with E-state index in [2.05, 4.69) is 20.7 Å². The molecule has 0 saturated heterocycles. The third-order valence-electron chi connectivity index (χ3n) is 4.72. The zero-order valence-electron chi connectivity index (χ0n) is 17.6. The molecule has 0 fully saturated rings. The number of rotatable bonds is 7. The standard InChI is InChI=1S/C23H18Cl2N4O4/c1-13-7-21(17(10-18(13)24)20-5-6-27-33-20)32-12-22(30)29-26-11-15-8-14-9-16(31-2)3-4-19(14)28-23(15)25/h3-11H,12H2,1-2H3,(H,29,30)/b26-11+. The summed E-state index contributed by atoms with van der Waals surface area (Å²) < 4.78 is 16.1. The quantitative estimate of drug-likeness (QED) is 0.224. The summed E-state index contributed by atoms with van der Waals surface area (Å²) in [5.41, 5.74) is 5.05. The first kappa shape index (κ1) is 22.6. The molecule has 0 unspecified atom stereocenters. The lowest BCUT2D eigenvalue weighted by Crippen LogP contribution is -2.24. The van der Waals surface area contributed by atoms with Crippen molar-refractivity contribution in [3.05, 3.63) is 70.0 Å². The first-order valence-corrected chi connectivity index (χ1v) is 10.5. The minimum Gasteiger partial charge on any atom is -0.497 e. The number of amides is 1. The van der Waals surface area contributed by atoms with Gasteiger partial charge in [0.2, 0.25) is 0 Å². The molecule has 2 heterocycles. The van der Waals surface area contributed by atoms with E-state index in [1.54, 1.807) is 37.4 Å². The number of methoxy groups -OCH3 is 1. The van der Waals surface area contributed by atoms with Crippen LogP contribution in [0.15, 0.2) is 58.3 Å². The van der Waals surface area contributed by atoms with E-state index in [1.807, 2.05) is 19.1 Å². The van der Waals surface area contributed by atoms with E-state index in [0.29, 0.717) is 33.4 Å². The van der Waals surface area contributed by atoms with Crippen LogP contribution in [0.1, 0.15) is 11.1 Å². The number of nitrogens with zero attached hydrogens (tertiary/aromatic N) is 3. The number of nitrogens with one attached hydrogen (secondary N) is 1. The van der Waals surface area contributed by atoms with Gasteiger partial charge in [-0.15, -0.1) is 0 Å². The van der Waals surface area contributed by atoms with Crippen LogP contribution in [0.4, 0.5) is 0 Å². The third-order valence-corrected chi connectivity index (χ3v) is 5.43. The normalized spacial score (nSPS) is 11.2. The molecule has 33 heavy (non-hydrogen) atoms. The van der Waals surface area contributed by atoms with E-state index >= 15 is 0 Å². The Balaban J connectivity index is 1.43. The van der Waals surface area contributed by atoms with Crippen LogP contribution in [0.3, 0.4) is 0 Å². The second kappa shape index (κ2) is 9.89. The van der Waals surface area contributed by atoms with Crippen molar-refractivity contribution < 1.29 is 18.8 Å². The van der Waals surface area contributed by atoms with Crippen molar-refractivity contribution in [3.63, 3.8) is 0 Å². The van der Waals surface area contributed by atoms with Crippen molar-refractivity contribution >= 4 is 46.2 Å². The van der Waals surface area contributed by atoms with Gasteiger partial charge in [-0.1, -0.05) is 28.4 Å². The summed E-state index contributed by atoms with van der Waals surface area (Å²) in [6.45, 7) is 1.56. The molecule has 0 aliphatic heterocycles. The van der Waals surface area contributed by atoms with E-state index in [4.69, 9.17) is 37.2 Å². The highest BCUT2D eigenvalue weighted by Gasteiger charge is 2.14. The number of carbonyl (C=O) groups excluding carboxylic acids is 1. The molecular formula is C23H18Cl2N4O4. The van der Waals surface area contributed by atoms with Crippen molar-refractivity contribution in [3.8, 4) is 22.8 Å². The highest BCUT2D eigenvalue weighted by molar-refractivity contribution is 6.32. The van der Waals surface area contributed by atoms with Gasteiger partial charge in [-0.3, -0.25) is 4.79 Å². The van der Waals surface area contributed by atoms with Gasteiger partial charge in [-0.25, -0.2) is 10.4 Å². The Morgan fingerprint density at radius 2 is 2.06 bits per heavy atom. The maximum absolute atomic E-state index is 12.3. The SMILES string of the molecule is COc1ccc2nc(Cl)c(/C=N/NC(=O)COc3cc(C)c(Cl)cc3-c3ccno3)cc2c1. The van der Waals surface area contributed by atoms with E-state index < -0.39 is 5.91 Å². The van der Waals surface area contributed by atoms with E-state index in [-0.39, 0.29) is 11.8 Å². The molecule has 0 saturated carbocycles. The average Bonchev–Trinajstić information content (AvgIpc) is 3.34. The Morgan fingerprint density at radius 1 is 1.21 bits per heavy atom. The van der Waals surface area contributed by atoms with Crippen molar-refractivity contribution in [1.82, 2.24) is 15.6 Å². The highest BCUT2D eigenvalue weighted by atomic mass is 35.5. The predicted molar refractivity (Wildman–Crippen MR) is 126 cm³/mol. The fourth-order valence-corrected chi connectivity index (χ4v) is 3.39. The second-order valence-corrected chi connectivity index (χ2v) is 7.75. The van der Waals surface area contributed by atoms with Gasteiger partial charge in [-0.2, -0.15) is 5.10 Å². The number of ether oxygens (including phenoxy) is 2. The van der Waals surface area contributed by atoms with Crippen LogP contribution in [0.25, 0.3) is 22.2 Å². The van der Waals surface area contributed by atoms with Crippen LogP contribution in [0, 0.1) is 6.92 Å². The Hall–Kier alpha value is -3.62. The zero-order valence-corrected chi connectivity index (χ0v) is 19.1. The molecule has 8 nitrogen and oxygen atoms in total. The van der Waals surface area contributed by atoms with Crippen molar-refractivity contribution in [2.24, 2.45) is 5.10 Å². The zero-order chi connectivity index (χ0) is 23.4. The monoisotopic (exact) mass is 484 g/mol. The Bertz CT molecular complexity index is 1340. The molecule has 1 N–H and O–H groups in total. The molecule has 10 heteroatoms. The highest BCUT2D eigenvalue weighted by Crippen LogP contribution is 2.34. The molecule has 2 aromatic heterocycles. The van der Waals surface area contributed by atoms with Gasteiger partial charge < -0.3 is 14.0 Å². The van der Waals surface area contributed by atoms with Gasteiger partial charge in [0.15, 0.2) is 12.4 Å². The molecule has 0 bridgehead atoms. The van der Waals surface area contributed by atoms with Gasteiger partial charge in [0.05, 0.1) is 30.6 Å². The Morgan fingerprint density at radius 3 is 2.82 bits per heavy atom. The molecule has 4 aromatic rings. The number of halogens is 2. The van der Waals surface area contributed by atoms with Crippen molar-refractivity contribution in [1.29, 1.82) is 0 Å². The van der Waals surface area contributed by atoms with Crippen LogP contribution in [0.5, 0.6) is 11.5 Å². The van der Waals surface area contributed by atoms with Gasteiger partial charge in [0.25, 0.3) is 5.91 Å². The summed E-state index contributed by atoms with van der Waals surface area (Å²) in [5.74, 6) is 1.14. The molecule has 168 valence electrons. The summed E-state index contributed by atoms with van der Waals surface area (Å²) in [6, 6.07) is 12.4. The second-order valence-electron chi connectivity index (χ2n) is 6.98. The lowest BCUT2D eigenvalue weighted by Gasteiger charge is -2.11. The van der Waals surface area contributed by atoms with Gasteiger partial charge >= 0.3 is 0 Å². The summed E-state index contributed by atoms with van der Waals surface area (Å²) in [5, 5.41) is 9.28. The molecule has 1 amide bonds. The number of hydrogen-bond acceptors (Lipinski definition) is 7. The lowest BCUT2D eigenvalue weighted by molar-refractivity contribution is -0.123. The first-order chi connectivity index (χ1) is 15.9. The van der Waals surface area contributed by atoms with Gasteiger partial charge in [0, 0.05) is 22.0 Å². The van der Waals surface area contributed by atoms with E-state index in [1.165, 1.54) is 12.4 Å². The number of carbonyl (C=O) groups is 1. The van der Waals surface area contributed by atoms with Crippen LogP contribution < -0.4 is 14.9 Å². The maximum atomic E-state index is 12.3. The van der Waals surface area contributed by atoms with E-state index in [0.717, 1.165) is 16.5 Å².